The van der Waals surface area contributed by atoms with E-state index in [0.717, 1.165) is 33.7 Å². The van der Waals surface area contributed by atoms with Gasteiger partial charge in [0.1, 0.15) is 34.7 Å². The van der Waals surface area contributed by atoms with Gasteiger partial charge in [0.25, 0.3) is 5.91 Å². The van der Waals surface area contributed by atoms with Crippen molar-refractivity contribution >= 4 is 28.7 Å². The van der Waals surface area contributed by atoms with Crippen molar-refractivity contribution < 1.29 is 36.6 Å². The number of nitrogens with one attached hydrogen (secondary N) is 1. The molecule has 0 unspecified atom stereocenters. The molecule has 2 amide bonds. The highest BCUT2D eigenvalue weighted by Gasteiger charge is 2.40. The van der Waals surface area contributed by atoms with Crippen molar-refractivity contribution in [2.45, 2.75) is 38.1 Å². The lowest BCUT2D eigenvalue weighted by Gasteiger charge is -2.21. The first kappa shape index (κ1) is 25.2. The summed E-state index contributed by atoms with van der Waals surface area (Å²) in [5, 5.41) is 11.2. The van der Waals surface area contributed by atoms with Gasteiger partial charge in [0.2, 0.25) is 11.3 Å². The molecule has 36 heavy (non-hydrogen) atoms. The summed E-state index contributed by atoms with van der Waals surface area (Å²) in [6, 6.07) is 3.00. The number of pyridine rings is 2. The summed E-state index contributed by atoms with van der Waals surface area (Å²) < 4.78 is 69.8. The fraction of sp³-hybridized carbons (Fsp3) is 0.304. The van der Waals surface area contributed by atoms with E-state index in [2.05, 4.69) is 4.98 Å². The number of aliphatic hydroxyl groups excluding tert-OH is 1. The number of halogens is 5. The lowest BCUT2D eigenvalue weighted by molar-refractivity contribution is -0.153. The second-order valence-electron chi connectivity index (χ2n) is 8.19. The summed E-state index contributed by atoms with van der Waals surface area (Å²) in [5.41, 5.74) is -2.92. The number of amides is 2. The number of anilines is 1. The number of benzene rings is 1. The van der Waals surface area contributed by atoms with E-state index in [1.54, 1.807) is 5.32 Å². The van der Waals surface area contributed by atoms with E-state index in [9.17, 15) is 41.4 Å². The maximum Gasteiger partial charge on any atom is 0.408 e. The predicted molar refractivity (Wildman–Crippen MR) is 118 cm³/mol. The standard InChI is InChI=1S/C23H19F5N4O4/c1-2-16(23(26,27)28)29-22(36)13-10-32(19-14(24)4-3-5-15(19)25)21-12(20(13)35)6-7-17(30-21)31-9-11(33)8-18(31)34/h3-7,10-11,16,33H,2,8-9H2,1H3,(H,29,36)/t11-,16+/m0/s1. The third kappa shape index (κ3) is 4.53. The van der Waals surface area contributed by atoms with E-state index in [1.807, 2.05) is 0 Å². The molecule has 13 heteroatoms. The Morgan fingerprint density at radius 2 is 1.86 bits per heavy atom. The zero-order chi connectivity index (χ0) is 26.4. The summed E-state index contributed by atoms with van der Waals surface area (Å²) in [6.07, 6.45) is -5.74. The van der Waals surface area contributed by atoms with E-state index in [4.69, 9.17) is 0 Å². The number of aromatic nitrogens is 2. The Balaban J connectivity index is 1.95. The van der Waals surface area contributed by atoms with Gasteiger partial charge in [-0.25, -0.2) is 13.8 Å². The predicted octanol–water partition coefficient (Wildman–Crippen LogP) is 2.83. The smallest absolute Gasteiger partial charge is 0.391 e. The van der Waals surface area contributed by atoms with Crippen LogP contribution in [0, 0.1) is 11.6 Å². The van der Waals surface area contributed by atoms with Gasteiger partial charge in [0.05, 0.1) is 24.5 Å². The molecule has 8 nitrogen and oxygen atoms in total. The quantitative estimate of drug-likeness (QED) is 0.514. The van der Waals surface area contributed by atoms with Gasteiger partial charge in [-0.1, -0.05) is 13.0 Å². The number of nitrogens with zero attached hydrogens (tertiary/aromatic N) is 3. The van der Waals surface area contributed by atoms with Crippen molar-refractivity contribution in [1.82, 2.24) is 14.9 Å². The van der Waals surface area contributed by atoms with Crippen LogP contribution in [0.25, 0.3) is 16.7 Å². The third-order valence-electron chi connectivity index (χ3n) is 5.75. The molecule has 1 aromatic carbocycles. The normalized spacial score (nSPS) is 17.0. The Hall–Kier alpha value is -3.87. The summed E-state index contributed by atoms with van der Waals surface area (Å²) in [4.78, 5) is 43.3. The lowest BCUT2D eigenvalue weighted by atomic mass is 10.1. The van der Waals surface area contributed by atoms with Crippen LogP contribution in [0.4, 0.5) is 27.8 Å². The number of rotatable bonds is 5. The number of carbonyl (C=O) groups excluding carboxylic acids is 2. The van der Waals surface area contributed by atoms with E-state index < -0.39 is 64.9 Å². The molecule has 4 rings (SSSR count). The van der Waals surface area contributed by atoms with Crippen molar-refractivity contribution in [2.24, 2.45) is 0 Å². The van der Waals surface area contributed by atoms with Crippen molar-refractivity contribution in [3.63, 3.8) is 0 Å². The average molecular weight is 510 g/mol. The molecule has 3 aromatic rings. The highest BCUT2D eigenvalue weighted by Crippen LogP contribution is 2.27. The van der Waals surface area contributed by atoms with Gasteiger partial charge in [-0.15, -0.1) is 0 Å². The van der Waals surface area contributed by atoms with Gasteiger partial charge >= 0.3 is 6.18 Å². The van der Waals surface area contributed by atoms with Crippen LogP contribution < -0.4 is 15.6 Å². The Bertz CT molecular complexity index is 1400. The first-order chi connectivity index (χ1) is 16.9. The molecule has 0 bridgehead atoms. The molecule has 2 N–H and O–H groups in total. The minimum Gasteiger partial charge on any atom is -0.391 e. The number of hydrogen-bond acceptors (Lipinski definition) is 5. The molecule has 1 saturated heterocycles. The zero-order valence-corrected chi connectivity index (χ0v) is 18.6. The van der Waals surface area contributed by atoms with Crippen LogP contribution in [0.15, 0.2) is 41.3 Å². The molecule has 1 aliphatic heterocycles. The fourth-order valence-corrected chi connectivity index (χ4v) is 3.96. The molecule has 3 heterocycles. The minimum atomic E-state index is -4.79. The molecule has 190 valence electrons. The SMILES string of the molecule is CC[C@@H](NC(=O)c1cn(-c2c(F)cccc2F)c2nc(N3C[C@@H](O)CC3=O)ccc2c1=O)C(F)(F)F. The van der Waals surface area contributed by atoms with E-state index in [0.29, 0.717) is 6.20 Å². The van der Waals surface area contributed by atoms with Crippen LogP contribution >= 0.6 is 0 Å². The molecule has 0 spiro atoms. The molecule has 2 aromatic heterocycles. The Morgan fingerprint density at radius 3 is 2.42 bits per heavy atom. The first-order valence-electron chi connectivity index (χ1n) is 10.8. The number of β-amino-alcohol motifs (C(OH)–C–C–N with tert-alkyl or cyclic N) is 1. The number of alkyl halides is 3. The van der Waals surface area contributed by atoms with Crippen molar-refractivity contribution in [2.75, 3.05) is 11.4 Å². The number of hydrogen-bond donors (Lipinski definition) is 2. The van der Waals surface area contributed by atoms with Gasteiger partial charge < -0.3 is 10.4 Å². The summed E-state index contributed by atoms with van der Waals surface area (Å²) >= 11 is 0. The molecule has 0 radical (unpaired) electrons. The van der Waals surface area contributed by atoms with Gasteiger partial charge in [0, 0.05) is 6.20 Å². The third-order valence-corrected chi connectivity index (χ3v) is 5.75. The molecule has 0 aliphatic carbocycles. The van der Waals surface area contributed by atoms with Gasteiger partial charge in [-0.2, -0.15) is 13.2 Å². The Kier molecular flexibility index (Phi) is 6.52. The summed E-state index contributed by atoms with van der Waals surface area (Å²) in [7, 11) is 0. The number of fused-ring (bicyclic) bond motifs is 1. The molecule has 1 aliphatic rings. The minimum absolute atomic E-state index is 0.0331. The average Bonchev–Trinajstić information content (AvgIpc) is 3.15. The fourth-order valence-electron chi connectivity index (χ4n) is 3.96. The van der Waals surface area contributed by atoms with Crippen molar-refractivity contribution in [1.29, 1.82) is 0 Å². The van der Waals surface area contributed by atoms with Gasteiger partial charge in [-0.05, 0) is 30.7 Å². The number of carbonyl (C=O) groups is 2. The zero-order valence-electron chi connectivity index (χ0n) is 18.6. The maximum atomic E-state index is 14.7. The highest BCUT2D eigenvalue weighted by molar-refractivity contribution is 5.99. The largest absolute Gasteiger partial charge is 0.408 e. The Morgan fingerprint density at radius 1 is 1.19 bits per heavy atom. The van der Waals surface area contributed by atoms with E-state index >= 15 is 0 Å². The summed E-state index contributed by atoms with van der Waals surface area (Å²) in [6.45, 7) is 1.08. The van der Waals surface area contributed by atoms with Crippen molar-refractivity contribution in [3.8, 4) is 5.69 Å². The van der Waals surface area contributed by atoms with Crippen LogP contribution in [0.3, 0.4) is 0 Å². The maximum absolute atomic E-state index is 14.7. The van der Waals surface area contributed by atoms with Crippen LogP contribution in [0.2, 0.25) is 0 Å². The molecule has 2 atom stereocenters. The molecular formula is C23H19F5N4O4. The van der Waals surface area contributed by atoms with Crippen LogP contribution in [-0.2, 0) is 4.79 Å². The number of aliphatic hydroxyl groups is 1. The molecular weight excluding hydrogens is 491 g/mol. The second-order valence-corrected chi connectivity index (χ2v) is 8.19. The number of para-hydroxylation sites is 1. The van der Waals surface area contributed by atoms with Crippen LogP contribution in [-0.4, -0.2) is 51.3 Å². The lowest BCUT2D eigenvalue weighted by Crippen LogP contribution is -2.46. The first-order valence-corrected chi connectivity index (χ1v) is 10.8. The summed E-state index contributed by atoms with van der Waals surface area (Å²) in [5.74, 6) is -4.11. The Labute approximate surface area is 200 Å². The topological polar surface area (TPSA) is 105 Å². The monoisotopic (exact) mass is 510 g/mol. The van der Waals surface area contributed by atoms with E-state index in [-0.39, 0.29) is 29.8 Å². The van der Waals surface area contributed by atoms with Gasteiger partial charge in [0.15, 0.2) is 5.65 Å². The van der Waals surface area contributed by atoms with E-state index in [1.165, 1.54) is 13.0 Å². The highest BCUT2D eigenvalue weighted by atomic mass is 19.4. The van der Waals surface area contributed by atoms with Crippen LogP contribution in [0.1, 0.15) is 30.1 Å². The van der Waals surface area contributed by atoms with Crippen LogP contribution in [0.5, 0.6) is 0 Å². The van der Waals surface area contributed by atoms with Crippen molar-refractivity contribution in [3.05, 3.63) is 63.9 Å². The molecule has 1 fully saturated rings. The molecule has 0 saturated carbocycles. The van der Waals surface area contributed by atoms with Gasteiger partial charge in [-0.3, -0.25) is 23.9 Å². The second kappa shape index (κ2) is 9.30.